The molecule has 0 fully saturated rings. The van der Waals surface area contributed by atoms with E-state index in [4.69, 9.17) is 0 Å². The minimum atomic E-state index is -0.219. The number of amides is 1. The monoisotopic (exact) mass is 432 g/mol. The first-order valence-electron chi connectivity index (χ1n) is 10.3. The maximum absolute atomic E-state index is 13.1. The van der Waals surface area contributed by atoms with Crippen molar-refractivity contribution in [3.8, 4) is 0 Å². The Balaban J connectivity index is 1.47. The summed E-state index contributed by atoms with van der Waals surface area (Å²) >= 11 is 1.70. The molecule has 2 aromatic heterocycles. The number of carbonyl (C=O) groups is 1. The van der Waals surface area contributed by atoms with Gasteiger partial charge in [-0.15, -0.1) is 16.4 Å². The molecule has 0 spiro atoms. The van der Waals surface area contributed by atoms with Crippen LogP contribution in [0.3, 0.4) is 0 Å². The highest BCUT2D eigenvalue weighted by Gasteiger charge is 2.16. The average molecular weight is 433 g/mol. The molecule has 4 rings (SSSR count). The molecule has 31 heavy (non-hydrogen) atoms. The Morgan fingerprint density at radius 2 is 1.81 bits per heavy atom. The van der Waals surface area contributed by atoms with Crippen LogP contribution < -0.4 is 5.56 Å². The zero-order valence-electron chi connectivity index (χ0n) is 17.4. The van der Waals surface area contributed by atoms with Crippen LogP contribution >= 0.6 is 11.3 Å². The van der Waals surface area contributed by atoms with Gasteiger partial charge in [-0.1, -0.05) is 47.7 Å². The van der Waals surface area contributed by atoms with Gasteiger partial charge in [0.25, 0.3) is 5.56 Å². The van der Waals surface area contributed by atoms with Crippen LogP contribution in [-0.4, -0.2) is 32.3 Å². The topological polar surface area (TPSA) is 68.1 Å². The summed E-state index contributed by atoms with van der Waals surface area (Å²) in [6.07, 6.45) is 0.985. The van der Waals surface area contributed by atoms with Crippen LogP contribution in [0.15, 0.2) is 71.5 Å². The van der Waals surface area contributed by atoms with Crippen LogP contribution in [0.4, 0.5) is 0 Å². The Kier molecular flexibility index (Phi) is 6.52. The van der Waals surface area contributed by atoms with Crippen LogP contribution in [0.1, 0.15) is 21.7 Å². The number of nitrogens with zero attached hydrogens (tertiary/aromatic N) is 4. The number of hydrogen-bond donors (Lipinski definition) is 0. The van der Waals surface area contributed by atoms with Crippen molar-refractivity contribution in [1.29, 1.82) is 0 Å². The third kappa shape index (κ3) is 5.24. The first kappa shape index (κ1) is 20.9. The molecule has 0 saturated heterocycles. The average Bonchev–Trinajstić information content (AvgIpc) is 3.21. The molecule has 0 aliphatic carbocycles. The standard InChI is InChI=1S/C24H24N4O2S/c1-18-11-12-20(31-18)17-27(15-13-19-7-3-2-4-8-19)23(29)14-16-28-24(30)21-9-5-6-10-22(21)25-26-28/h2-12H,13-17H2,1H3. The molecule has 2 heterocycles. The minimum Gasteiger partial charge on any atom is -0.337 e. The number of benzene rings is 2. The van der Waals surface area contributed by atoms with E-state index in [9.17, 15) is 9.59 Å². The van der Waals surface area contributed by atoms with E-state index >= 15 is 0 Å². The normalized spacial score (nSPS) is 11.0. The van der Waals surface area contributed by atoms with Gasteiger partial charge in [0.15, 0.2) is 0 Å². The van der Waals surface area contributed by atoms with Crippen molar-refractivity contribution in [2.45, 2.75) is 32.9 Å². The second-order valence-corrected chi connectivity index (χ2v) is 8.82. The summed E-state index contributed by atoms with van der Waals surface area (Å²) in [6, 6.07) is 21.4. The van der Waals surface area contributed by atoms with Crippen molar-refractivity contribution in [2.24, 2.45) is 0 Å². The second-order valence-electron chi connectivity index (χ2n) is 7.45. The van der Waals surface area contributed by atoms with E-state index in [1.165, 1.54) is 15.1 Å². The fourth-order valence-electron chi connectivity index (χ4n) is 3.49. The number of rotatable bonds is 8. The lowest BCUT2D eigenvalue weighted by Crippen LogP contribution is -2.34. The van der Waals surface area contributed by atoms with Crippen molar-refractivity contribution in [3.05, 3.63) is 92.4 Å². The lowest BCUT2D eigenvalue weighted by Gasteiger charge is -2.22. The van der Waals surface area contributed by atoms with Gasteiger partial charge >= 0.3 is 0 Å². The Hall–Kier alpha value is -3.32. The van der Waals surface area contributed by atoms with E-state index in [-0.39, 0.29) is 24.4 Å². The molecule has 0 radical (unpaired) electrons. The van der Waals surface area contributed by atoms with E-state index in [1.807, 2.05) is 29.2 Å². The molecule has 0 bridgehead atoms. The number of carbonyl (C=O) groups excluding carboxylic acids is 1. The quantitative estimate of drug-likeness (QED) is 0.424. The van der Waals surface area contributed by atoms with E-state index in [0.717, 1.165) is 11.3 Å². The lowest BCUT2D eigenvalue weighted by molar-refractivity contribution is -0.132. The van der Waals surface area contributed by atoms with Gasteiger partial charge in [0.1, 0.15) is 5.52 Å². The van der Waals surface area contributed by atoms with E-state index in [1.54, 1.807) is 29.5 Å². The molecule has 0 N–H and O–H groups in total. The number of fused-ring (bicyclic) bond motifs is 1. The fourth-order valence-corrected chi connectivity index (χ4v) is 4.39. The molecule has 0 aliphatic heterocycles. The summed E-state index contributed by atoms with van der Waals surface area (Å²) in [5.74, 6) is 0.00356. The molecule has 0 aliphatic rings. The molecule has 6 nitrogen and oxygen atoms in total. The van der Waals surface area contributed by atoms with Crippen LogP contribution in [0.5, 0.6) is 0 Å². The predicted molar refractivity (Wildman–Crippen MR) is 123 cm³/mol. The summed E-state index contributed by atoms with van der Waals surface area (Å²) in [5.41, 5.74) is 1.54. The lowest BCUT2D eigenvalue weighted by atomic mass is 10.1. The summed E-state index contributed by atoms with van der Waals surface area (Å²) in [7, 11) is 0. The molecule has 7 heteroatoms. The minimum absolute atomic E-state index is 0.00356. The zero-order chi connectivity index (χ0) is 21.6. The molecular weight excluding hydrogens is 408 g/mol. The Labute approximate surface area is 184 Å². The van der Waals surface area contributed by atoms with Crippen LogP contribution in [0.25, 0.3) is 10.9 Å². The van der Waals surface area contributed by atoms with Crippen molar-refractivity contribution in [1.82, 2.24) is 19.9 Å². The van der Waals surface area contributed by atoms with Crippen molar-refractivity contribution in [2.75, 3.05) is 6.54 Å². The Morgan fingerprint density at radius 1 is 1.03 bits per heavy atom. The van der Waals surface area contributed by atoms with Gasteiger partial charge in [-0.3, -0.25) is 9.59 Å². The highest BCUT2D eigenvalue weighted by molar-refractivity contribution is 7.11. The molecule has 1 amide bonds. The third-order valence-electron chi connectivity index (χ3n) is 5.18. The van der Waals surface area contributed by atoms with Crippen molar-refractivity contribution >= 4 is 28.1 Å². The van der Waals surface area contributed by atoms with Gasteiger partial charge in [-0.05, 0) is 43.2 Å². The van der Waals surface area contributed by atoms with Crippen LogP contribution in [0.2, 0.25) is 0 Å². The van der Waals surface area contributed by atoms with E-state index in [2.05, 4.69) is 41.5 Å². The largest absolute Gasteiger partial charge is 0.337 e. The summed E-state index contributed by atoms with van der Waals surface area (Å²) in [5, 5.41) is 8.62. The van der Waals surface area contributed by atoms with Gasteiger partial charge in [0.05, 0.1) is 18.5 Å². The fraction of sp³-hybridized carbons (Fsp3) is 0.250. The smallest absolute Gasteiger partial charge is 0.277 e. The summed E-state index contributed by atoms with van der Waals surface area (Å²) in [4.78, 5) is 30.0. The second kappa shape index (κ2) is 9.66. The number of hydrogen-bond acceptors (Lipinski definition) is 5. The van der Waals surface area contributed by atoms with E-state index < -0.39 is 0 Å². The maximum atomic E-state index is 13.1. The van der Waals surface area contributed by atoms with Crippen LogP contribution in [-0.2, 0) is 24.3 Å². The Bertz CT molecular complexity index is 1230. The molecule has 0 atom stereocenters. The maximum Gasteiger partial charge on any atom is 0.277 e. The van der Waals surface area contributed by atoms with Crippen LogP contribution in [0, 0.1) is 6.92 Å². The number of aryl methyl sites for hydroxylation is 2. The SMILES string of the molecule is Cc1ccc(CN(CCc2ccccc2)C(=O)CCn2nnc3ccccc3c2=O)s1. The molecule has 4 aromatic rings. The molecule has 2 aromatic carbocycles. The predicted octanol–water partition coefficient (Wildman–Crippen LogP) is 3.82. The van der Waals surface area contributed by atoms with Crippen molar-refractivity contribution in [3.63, 3.8) is 0 Å². The summed E-state index contributed by atoms with van der Waals surface area (Å²) in [6.45, 7) is 3.47. The van der Waals surface area contributed by atoms with Crippen molar-refractivity contribution < 1.29 is 4.79 Å². The molecule has 158 valence electrons. The van der Waals surface area contributed by atoms with Gasteiger partial charge in [0.2, 0.25) is 5.91 Å². The zero-order valence-corrected chi connectivity index (χ0v) is 18.2. The van der Waals surface area contributed by atoms with Gasteiger partial charge < -0.3 is 4.90 Å². The number of aromatic nitrogens is 3. The molecule has 0 saturated carbocycles. The Morgan fingerprint density at radius 3 is 2.58 bits per heavy atom. The summed E-state index contributed by atoms with van der Waals surface area (Å²) < 4.78 is 1.28. The number of thiophene rings is 1. The first-order chi connectivity index (χ1) is 15.1. The highest BCUT2D eigenvalue weighted by atomic mass is 32.1. The van der Waals surface area contributed by atoms with Gasteiger partial charge in [0, 0.05) is 22.7 Å². The highest BCUT2D eigenvalue weighted by Crippen LogP contribution is 2.18. The first-order valence-corrected chi connectivity index (χ1v) is 11.1. The molecule has 0 unspecified atom stereocenters. The third-order valence-corrected chi connectivity index (χ3v) is 6.16. The molecular formula is C24H24N4O2S. The van der Waals surface area contributed by atoms with Gasteiger partial charge in [-0.25, -0.2) is 4.68 Å². The van der Waals surface area contributed by atoms with E-state index in [0.29, 0.717) is 24.0 Å². The van der Waals surface area contributed by atoms with Gasteiger partial charge in [-0.2, -0.15) is 0 Å².